The Morgan fingerprint density at radius 3 is 2.50 bits per heavy atom. The number of rotatable bonds is 6. The first-order chi connectivity index (χ1) is 18.1. The van der Waals surface area contributed by atoms with Gasteiger partial charge in [0.15, 0.2) is 0 Å². The molecule has 5 aliphatic rings. The van der Waals surface area contributed by atoms with Crippen LogP contribution in [0.25, 0.3) is 0 Å². The second kappa shape index (κ2) is 11.2. The molecular weight excluding hydrogens is 478 g/mol. The molecule has 218 valence electrons. The van der Waals surface area contributed by atoms with Crippen molar-refractivity contribution in [1.29, 1.82) is 0 Å². The van der Waals surface area contributed by atoms with Gasteiger partial charge in [-0.05, 0) is 122 Å². The molecule has 5 fully saturated rings. The summed E-state index contributed by atoms with van der Waals surface area (Å²) in [6.45, 7) is 11.6. The van der Waals surface area contributed by atoms with E-state index in [1.807, 2.05) is 0 Å². The van der Waals surface area contributed by atoms with E-state index in [4.69, 9.17) is 4.74 Å². The van der Waals surface area contributed by atoms with Crippen LogP contribution in [0.15, 0.2) is 0 Å². The number of hydrogen-bond donors (Lipinski definition) is 3. The van der Waals surface area contributed by atoms with Gasteiger partial charge in [0, 0.05) is 19.7 Å². The molecule has 0 aromatic carbocycles. The molecule has 0 bridgehead atoms. The van der Waals surface area contributed by atoms with E-state index in [1.54, 1.807) is 4.90 Å². The average Bonchev–Trinajstić information content (AvgIpc) is 3.27. The van der Waals surface area contributed by atoms with Crippen molar-refractivity contribution < 1.29 is 24.9 Å². The topological polar surface area (TPSA) is 90.2 Å². The third-order valence-corrected chi connectivity index (χ3v) is 13.0. The van der Waals surface area contributed by atoms with Gasteiger partial charge in [-0.3, -0.25) is 0 Å². The van der Waals surface area contributed by atoms with E-state index in [0.717, 1.165) is 51.5 Å². The van der Waals surface area contributed by atoms with Crippen molar-refractivity contribution in [3.63, 3.8) is 0 Å². The van der Waals surface area contributed by atoms with Crippen LogP contribution in [0.2, 0.25) is 0 Å². The fourth-order valence-electron chi connectivity index (χ4n) is 10.9. The SMILES string of the molecule is CC[C@@H]1C2C[C@H](O)CCC2(C)[C@H]2CCC3(C)[C@@H]([C@H](C)CCOC(=O)N4CCC[C@H](CO)C4)CC[C@H]3C2[C@@H]1O. The summed E-state index contributed by atoms with van der Waals surface area (Å²) in [6.07, 6.45) is 10.9. The Morgan fingerprint density at radius 1 is 1.03 bits per heavy atom. The molecule has 6 nitrogen and oxygen atoms in total. The van der Waals surface area contributed by atoms with Gasteiger partial charge in [0.1, 0.15) is 0 Å². The molecule has 0 spiro atoms. The molecular formula is C32H55NO5. The van der Waals surface area contributed by atoms with Crippen molar-refractivity contribution in [3.8, 4) is 0 Å². The lowest BCUT2D eigenvalue weighted by Crippen LogP contribution is -2.62. The van der Waals surface area contributed by atoms with Crippen molar-refractivity contribution in [1.82, 2.24) is 4.90 Å². The molecule has 5 rings (SSSR count). The van der Waals surface area contributed by atoms with Crippen LogP contribution >= 0.6 is 0 Å². The number of carbonyl (C=O) groups is 1. The largest absolute Gasteiger partial charge is 0.449 e. The Morgan fingerprint density at radius 2 is 1.76 bits per heavy atom. The Hall–Kier alpha value is -0.850. The lowest BCUT2D eigenvalue weighted by Gasteiger charge is -2.64. The molecule has 4 unspecified atom stereocenters. The van der Waals surface area contributed by atoms with Crippen LogP contribution in [0.1, 0.15) is 98.3 Å². The van der Waals surface area contributed by atoms with Gasteiger partial charge in [0.2, 0.25) is 0 Å². The van der Waals surface area contributed by atoms with Crippen molar-refractivity contribution in [2.24, 2.45) is 58.2 Å². The van der Waals surface area contributed by atoms with Crippen LogP contribution in [-0.2, 0) is 4.74 Å². The zero-order valence-corrected chi connectivity index (χ0v) is 24.5. The number of piperidine rings is 1. The number of hydrogen-bond acceptors (Lipinski definition) is 5. The minimum Gasteiger partial charge on any atom is -0.449 e. The highest BCUT2D eigenvalue weighted by Crippen LogP contribution is 2.69. The summed E-state index contributed by atoms with van der Waals surface area (Å²) in [5.41, 5.74) is 0.481. The molecule has 3 N–H and O–H groups in total. The van der Waals surface area contributed by atoms with E-state index < -0.39 is 0 Å². The minimum atomic E-state index is -0.250. The number of aliphatic hydroxyl groups is 3. The first kappa shape index (κ1) is 28.7. The Bertz CT molecular complexity index is 837. The van der Waals surface area contributed by atoms with Crippen LogP contribution in [0.4, 0.5) is 4.79 Å². The zero-order valence-electron chi connectivity index (χ0n) is 24.5. The maximum Gasteiger partial charge on any atom is 0.409 e. The summed E-state index contributed by atoms with van der Waals surface area (Å²) in [4.78, 5) is 14.4. The van der Waals surface area contributed by atoms with Crippen LogP contribution in [0.3, 0.4) is 0 Å². The van der Waals surface area contributed by atoms with Crippen LogP contribution in [0.5, 0.6) is 0 Å². The summed E-state index contributed by atoms with van der Waals surface area (Å²) < 4.78 is 5.73. The predicted molar refractivity (Wildman–Crippen MR) is 148 cm³/mol. The van der Waals surface area contributed by atoms with Crippen molar-refractivity contribution >= 4 is 6.09 Å². The summed E-state index contributed by atoms with van der Waals surface area (Å²) in [5.74, 6) is 3.52. The maximum absolute atomic E-state index is 12.7. The molecule has 1 heterocycles. The molecule has 0 aromatic rings. The Labute approximate surface area is 230 Å². The second-order valence-electron chi connectivity index (χ2n) is 14.6. The van der Waals surface area contributed by atoms with Gasteiger partial charge in [-0.2, -0.15) is 0 Å². The molecule has 38 heavy (non-hydrogen) atoms. The Kier molecular flexibility index (Phi) is 8.45. The number of nitrogens with zero attached hydrogens (tertiary/aromatic N) is 1. The molecule has 1 amide bonds. The molecule has 4 aliphatic carbocycles. The third kappa shape index (κ3) is 4.83. The van der Waals surface area contributed by atoms with Gasteiger partial charge < -0.3 is 25.0 Å². The van der Waals surface area contributed by atoms with Crippen molar-refractivity contribution in [2.75, 3.05) is 26.3 Å². The highest BCUT2D eigenvalue weighted by Gasteiger charge is 2.64. The van der Waals surface area contributed by atoms with Crippen LogP contribution < -0.4 is 0 Å². The average molecular weight is 534 g/mol. The van der Waals surface area contributed by atoms with E-state index in [9.17, 15) is 20.1 Å². The highest BCUT2D eigenvalue weighted by atomic mass is 16.6. The van der Waals surface area contributed by atoms with E-state index in [2.05, 4.69) is 27.7 Å². The maximum atomic E-state index is 12.7. The van der Waals surface area contributed by atoms with Gasteiger partial charge in [-0.1, -0.05) is 34.1 Å². The molecule has 12 atom stereocenters. The number of likely N-dealkylation sites (tertiary alicyclic amines) is 1. The number of fused-ring (bicyclic) bond motifs is 5. The molecule has 0 aromatic heterocycles. The van der Waals surface area contributed by atoms with E-state index in [0.29, 0.717) is 54.6 Å². The summed E-state index contributed by atoms with van der Waals surface area (Å²) in [5, 5.41) is 31.9. The first-order valence-electron chi connectivity index (χ1n) is 16.0. The fourth-order valence-corrected chi connectivity index (χ4v) is 10.9. The lowest BCUT2D eigenvalue weighted by molar-refractivity contribution is -0.203. The van der Waals surface area contributed by atoms with Crippen LogP contribution in [0, 0.1) is 58.2 Å². The number of ether oxygens (including phenoxy) is 1. The number of carbonyl (C=O) groups excluding carboxylic acids is 1. The molecule has 4 saturated carbocycles. The zero-order chi connectivity index (χ0) is 27.2. The quantitative estimate of drug-likeness (QED) is 0.421. The summed E-state index contributed by atoms with van der Waals surface area (Å²) >= 11 is 0. The third-order valence-electron chi connectivity index (χ3n) is 13.0. The standard InChI is InChI=1S/C32H55NO5/c1-5-23-27-17-22(35)10-13-32(27,4)26-11-14-31(3)24(8-9-25(31)28(26)29(23)36)20(2)12-16-38-30(37)33-15-6-7-21(18-33)19-34/h20-29,34-36H,5-19H2,1-4H3/t20-,21+,22-,23-,24-,25+,26+,27?,28?,29-,31?,32?/m1/s1. The van der Waals surface area contributed by atoms with E-state index in [-0.39, 0.29) is 41.7 Å². The lowest BCUT2D eigenvalue weighted by atomic mass is 9.41. The van der Waals surface area contributed by atoms with E-state index >= 15 is 0 Å². The molecule has 1 aliphatic heterocycles. The molecule has 6 heteroatoms. The smallest absolute Gasteiger partial charge is 0.409 e. The number of aliphatic hydroxyl groups excluding tert-OH is 3. The fraction of sp³-hybridized carbons (Fsp3) is 0.969. The monoisotopic (exact) mass is 533 g/mol. The predicted octanol–water partition coefficient (Wildman–Crippen LogP) is 5.48. The first-order valence-corrected chi connectivity index (χ1v) is 16.0. The normalized spacial score (nSPS) is 47.6. The molecule has 1 saturated heterocycles. The van der Waals surface area contributed by atoms with Gasteiger partial charge in [-0.25, -0.2) is 4.79 Å². The van der Waals surface area contributed by atoms with Crippen LogP contribution in [-0.4, -0.2) is 64.8 Å². The van der Waals surface area contributed by atoms with Gasteiger partial charge in [-0.15, -0.1) is 0 Å². The van der Waals surface area contributed by atoms with Crippen molar-refractivity contribution in [3.05, 3.63) is 0 Å². The second-order valence-corrected chi connectivity index (χ2v) is 14.6. The molecule has 0 radical (unpaired) electrons. The summed E-state index contributed by atoms with van der Waals surface area (Å²) in [7, 11) is 0. The minimum absolute atomic E-state index is 0.138. The van der Waals surface area contributed by atoms with Gasteiger partial charge in [0.25, 0.3) is 0 Å². The van der Waals surface area contributed by atoms with Gasteiger partial charge >= 0.3 is 6.09 Å². The van der Waals surface area contributed by atoms with Gasteiger partial charge in [0.05, 0.1) is 18.8 Å². The Balaban J connectivity index is 1.23. The highest BCUT2D eigenvalue weighted by molar-refractivity contribution is 5.67. The van der Waals surface area contributed by atoms with Crippen molar-refractivity contribution in [2.45, 2.75) is 111 Å². The number of amides is 1. The summed E-state index contributed by atoms with van der Waals surface area (Å²) in [6, 6.07) is 0. The van der Waals surface area contributed by atoms with E-state index in [1.165, 1.54) is 25.7 Å².